The van der Waals surface area contributed by atoms with Crippen LogP contribution in [0.25, 0.3) is 0 Å². The molecule has 4 rings (SSSR count). The molecule has 0 unspecified atom stereocenters. The molecule has 2 aromatic rings. The van der Waals surface area contributed by atoms with E-state index in [1.54, 1.807) is 6.26 Å². The van der Waals surface area contributed by atoms with Gasteiger partial charge in [0.2, 0.25) is 0 Å². The van der Waals surface area contributed by atoms with Crippen molar-refractivity contribution < 1.29 is 4.52 Å². The molecule has 154 valence electrons. The predicted octanol–water partition coefficient (Wildman–Crippen LogP) is 2.33. The summed E-state index contributed by atoms with van der Waals surface area (Å²) in [6.45, 7) is 10.5. The molecule has 1 saturated heterocycles. The summed E-state index contributed by atoms with van der Waals surface area (Å²) in [5.74, 6) is 1.00. The first-order valence-electron chi connectivity index (χ1n) is 10.5. The number of anilines is 1. The molecule has 0 spiro atoms. The van der Waals surface area contributed by atoms with E-state index in [1.165, 1.54) is 11.3 Å². The van der Waals surface area contributed by atoms with Gasteiger partial charge in [0, 0.05) is 64.1 Å². The van der Waals surface area contributed by atoms with Crippen LogP contribution in [0.4, 0.5) is 5.69 Å². The minimum Gasteiger partial charge on any atom is -0.364 e. The van der Waals surface area contributed by atoms with Gasteiger partial charge in [-0.25, -0.2) is 4.99 Å². The molecule has 7 heteroatoms. The van der Waals surface area contributed by atoms with Crippen LogP contribution in [0, 0.1) is 0 Å². The number of piperazine rings is 1. The summed E-state index contributed by atoms with van der Waals surface area (Å²) < 4.78 is 4.94. The zero-order chi connectivity index (χ0) is 19.9. The third kappa shape index (κ3) is 5.17. The second-order valence-electron chi connectivity index (χ2n) is 7.47. The molecule has 0 aliphatic carbocycles. The maximum absolute atomic E-state index is 4.94. The minimum absolute atomic E-state index is 0.694. The molecule has 2 aliphatic rings. The third-order valence-electron chi connectivity index (χ3n) is 5.41. The Morgan fingerprint density at radius 3 is 2.48 bits per heavy atom. The highest BCUT2D eigenvalue weighted by Crippen LogP contribution is 2.18. The molecule has 3 heterocycles. The van der Waals surface area contributed by atoms with Crippen LogP contribution in [0.2, 0.25) is 0 Å². The van der Waals surface area contributed by atoms with E-state index in [0.29, 0.717) is 6.54 Å². The molecule has 1 fully saturated rings. The minimum atomic E-state index is 0.694. The third-order valence-corrected chi connectivity index (χ3v) is 5.41. The average Bonchev–Trinajstić information content (AvgIpc) is 3.47. The molecule has 0 radical (unpaired) electrons. The van der Waals surface area contributed by atoms with Crippen molar-refractivity contribution in [3.8, 4) is 0 Å². The number of nitrogens with one attached hydrogen (secondary N) is 1. The summed E-state index contributed by atoms with van der Waals surface area (Å²) >= 11 is 0. The normalized spacial score (nSPS) is 17.9. The number of hydrogen-bond acceptors (Lipinski definition) is 5. The fourth-order valence-corrected chi connectivity index (χ4v) is 3.76. The number of aromatic nitrogens is 1. The molecule has 0 amide bonds. The zero-order valence-corrected chi connectivity index (χ0v) is 17.1. The highest BCUT2D eigenvalue weighted by Gasteiger charge is 2.20. The maximum Gasteiger partial charge on any atom is 0.194 e. The van der Waals surface area contributed by atoms with E-state index in [1.807, 2.05) is 6.07 Å². The van der Waals surface area contributed by atoms with Crippen molar-refractivity contribution in [3.05, 3.63) is 60.0 Å². The van der Waals surface area contributed by atoms with Gasteiger partial charge >= 0.3 is 0 Å². The Hall–Kier alpha value is -2.80. The van der Waals surface area contributed by atoms with Gasteiger partial charge in [0.15, 0.2) is 5.96 Å². The van der Waals surface area contributed by atoms with Gasteiger partial charge in [0.05, 0.1) is 12.2 Å². The Morgan fingerprint density at radius 1 is 1.07 bits per heavy atom. The first-order valence-corrected chi connectivity index (χ1v) is 10.5. The highest BCUT2D eigenvalue weighted by molar-refractivity contribution is 5.80. The predicted molar refractivity (Wildman–Crippen MR) is 116 cm³/mol. The topological polar surface area (TPSA) is 60.1 Å². The van der Waals surface area contributed by atoms with E-state index in [-0.39, 0.29) is 0 Å². The van der Waals surface area contributed by atoms with Crippen molar-refractivity contribution in [1.29, 1.82) is 0 Å². The summed E-state index contributed by atoms with van der Waals surface area (Å²) in [5.41, 5.74) is 3.51. The first-order chi connectivity index (χ1) is 14.3. The monoisotopic (exact) mass is 394 g/mol. The van der Waals surface area contributed by atoms with E-state index < -0.39 is 0 Å². The van der Waals surface area contributed by atoms with Crippen molar-refractivity contribution >= 4 is 11.6 Å². The lowest BCUT2D eigenvalue weighted by atomic mass is 10.2. The quantitative estimate of drug-likeness (QED) is 0.461. The van der Waals surface area contributed by atoms with Crippen molar-refractivity contribution in [2.75, 3.05) is 50.7 Å². The highest BCUT2D eigenvalue weighted by atomic mass is 16.5. The van der Waals surface area contributed by atoms with Crippen LogP contribution in [-0.4, -0.2) is 66.7 Å². The van der Waals surface area contributed by atoms with Gasteiger partial charge in [-0.1, -0.05) is 29.4 Å². The SMILES string of the molecule is CCNC(=NCc1ccc(N2CC=CC2)cc1)N1CCN(Cc2ccon2)CC1. The van der Waals surface area contributed by atoms with Crippen molar-refractivity contribution in [1.82, 2.24) is 20.3 Å². The Labute approximate surface area is 172 Å². The molecule has 1 N–H and O–H groups in total. The van der Waals surface area contributed by atoms with Gasteiger partial charge < -0.3 is 19.6 Å². The summed E-state index contributed by atoms with van der Waals surface area (Å²) in [5, 5.41) is 7.47. The van der Waals surface area contributed by atoms with Gasteiger partial charge in [-0.2, -0.15) is 0 Å². The largest absolute Gasteiger partial charge is 0.364 e. The van der Waals surface area contributed by atoms with Gasteiger partial charge in [-0.05, 0) is 24.6 Å². The lowest BCUT2D eigenvalue weighted by Gasteiger charge is -2.36. The van der Waals surface area contributed by atoms with Crippen molar-refractivity contribution in [2.24, 2.45) is 4.99 Å². The van der Waals surface area contributed by atoms with Crippen LogP contribution in [-0.2, 0) is 13.1 Å². The first kappa shape index (κ1) is 19.5. The molecule has 1 aromatic heterocycles. The zero-order valence-electron chi connectivity index (χ0n) is 17.1. The molecule has 7 nitrogen and oxygen atoms in total. The smallest absolute Gasteiger partial charge is 0.194 e. The molecular formula is C22H30N6O. The van der Waals surface area contributed by atoms with Crippen LogP contribution in [0.3, 0.4) is 0 Å². The summed E-state index contributed by atoms with van der Waals surface area (Å²) in [6, 6.07) is 10.7. The molecule has 1 aromatic carbocycles. The summed E-state index contributed by atoms with van der Waals surface area (Å²) in [4.78, 5) is 12.0. The second-order valence-corrected chi connectivity index (χ2v) is 7.47. The van der Waals surface area contributed by atoms with E-state index >= 15 is 0 Å². The number of aliphatic imine (C=N–C) groups is 1. The second kappa shape index (κ2) is 9.60. The van der Waals surface area contributed by atoms with E-state index in [4.69, 9.17) is 9.52 Å². The van der Waals surface area contributed by atoms with Crippen LogP contribution >= 0.6 is 0 Å². The maximum atomic E-state index is 4.94. The van der Waals surface area contributed by atoms with Crippen molar-refractivity contribution in [3.63, 3.8) is 0 Å². The van der Waals surface area contributed by atoms with Crippen LogP contribution in [0.15, 0.2) is 58.3 Å². The van der Waals surface area contributed by atoms with E-state index in [2.05, 4.69) is 68.5 Å². The average molecular weight is 395 g/mol. The lowest BCUT2D eigenvalue weighted by molar-refractivity contribution is 0.169. The van der Waals surface area contributed by atoms with Crippen LogP contribution in [0.1, 0.15) is 18.2 Å². The fourth-order valence-electron chi connectivity index (χ4n) is 3.76. The fraction of sp³-hybridized carbons (Fsp3) is 0.455. The van der Waals surface area contributed by atoms with Crippen LogP contribution in [0.5, 0.6) is 0 Å². The van der Waals surface area contributed by atoms with E-state index in [9.17, 15) is 0 Å². The molecule has 0 bridgehead atoms. The van der Waals surface area contributed by atoms with Gasteiger partial charge in [0.1, 0.15) is 6.26 Å². The molecule has 29 heavy (non-hydrogen) atoms. The molecule has 0 saturated carbocycles. The Bertz CT molecular complexity index is 798. The number of hydrogen-bond donors (Lipinski definition) is 1. The number of nitrogens with zero attached hydrogens (tertiary/aromatic N) is 5. The lowest BCUT2D eigenvalue weighted by Crippen LogP contribution is -2.52. The molecular weight excluding hydrogens is 364 g/mol. The number of benzene rings is 1. The van der Waals surface area contributed by atoms with E-state index in [0.717, 1.165) is 64.0 Å². The van der Waals surface area contributed by atoms with Gasteiger partial charge in [-0.15, -0.1) is 0 Å². The summed E-state index contributed by atoms with van der Waals surface area (Å²) in [6.07, 6.45) is 6.06. The number of guanidine groups is 1. The van der Waals surface area contributed by atoms with Gasteiger partial charge in [0.25, 0.3) is 0 Å². The van der Waals surface area contributed by atoms with Crippen molar-refractivity contribution in [2.45, 2.75) is 20.0 Å². The Balaban J connectivity index is 1.31. The number of rotatable bonds is 6. The molecule has 2 aliphatic heterocycles. The Kier molecular flexibility index (Phi) is 6.46. The summed E-state index contributed by atoms with van der Waals surface area (Å²) in [7, 11) is 0. The Morgan fingerprint density at radius 2 is 1.83 bits per heavy atom. The van der Waals surface area contributed by atoms with Crippen LogP contribution < -0.4 is 10.2 Å². The standard InChI is InChI=1S/C22H30N6O/c1-2-23-22(28-14-12-26(13-15-28)18-20-9-16-29-25-20)24-17-19-5-7-21(8-6-19)27-10-3-4-11-27/h3-9,16H,2,10-15,17-18H2,1H3,(H,23,24). The molecule has 0 atom stereocenters. The van der Waals surface area contributed by atoms with Gasteiger partial charge in [-0.3, -0.25) is 4.90 Å².